The standard InChI is InChI=1S/C19H24N4O3/c1-13-4-5-16(12-14(13)2)17(24)6-7-18(25)22-8-10-23(11-9-22)19-21-20-15(3)26-19/h4-5,12H,6-11H2,1-3H3. The van der Waals surface area contributed by atoms with Crippen molar-refractivity contribution in [1.29, 1.82) is 0 Å². The minimum Gasteiger partial charge on any atom is -0.408 e. The summed E-state index contributed by atoms with van der Waals surface area (Å²) in [7, 11) is 0. The molecule has 0 N–H and O–H groups in total. The Bertz CT molecular complexity index is 807. The fraction of sp³-hybridized carbons (Fsp3) is 0.474. The maximum absolute atomic E-state index is 12.4. The summed E-state index contributed by atoms with van der Waals surface area (Å²) in [5, 5.41) is 7.84. The summed E-state index contributed by atoms with van der Waals surface area (Å²) in [6.45, 7) is 8.25. The van der Waals surface area contributed by atoms with E-state index in [1.54, 1.807) is 11.8 Å². The Morgan fingerprint density at radius 2 is 1.73 bits per heavy atom. The van der Waals surface area contributed by atoms with Crippen molar-refractivity contribution < 1.29 is 14.0 Å². The third kappa shape index (κ3) is 4.09. The van der Waals surface area contributed by atoms with Crippen LogP contribution in [0.25, 0.3) is 0 Å². The van der Waals surface area contributed by atoms with E-state index in [-0.39, 0.29) is 24.5 Å². The Labute approximate surface area is 153 Å². The molecular weight excluding hydrogens is 332 g/mol. The number of carbonyl (C=O) groups is 2. The number of amides is 1. The molecule has 1 aromatic heterocycles. The Kier molecular flexibility index (Phi) is 5.35. The SMILES string of the molecule is Cc1nnc(N2CCN(C(=O)CCC(=O)c3ccc(C)c(C)c3)CC2)o1. The summed E-state index contributed by atoms with van der Waals surface area (Å²) in [5.41, 5.74) is 2.93. The van der Waals surface area contributed by atoms with E-state index in [0.29, 0.717) is 43.6 Å². The molecule has 7 heteroatoms. The fourth-order valence-corrected chi connectivity index (χ4v) is 3.00. The van der Waals surface area contributed by atoms with Crippen molar-refractivity contribution in [3.63, 3.8) is 0 Å². The number of hydrogen-bond donors (Lipinski definition) is 0. The van der Waals surface area contributed by atoms with Gasteiger partial charge >= 0.3 is 6.01 Å². The summed E-state index contributed by atoms with van der Waals surface area (Å²) in [5.74, 6) is 0.563. The van der Waals surface area contributed by atoms with Gasteiger partial charge in [0.05, 0.1) is 0 Å². The molecule has 138 valence electrons. The Balaban J connectivity index is 1.48. The predicted octanol–water partition coefficient (Wildman–Crippen LogP) is 2.31. The number of aryl methyl sites for hydroxylation is 3. The molecule has 2 aromatic rings. The first-order valence-electron chi connectivity index (χ1n) is 8.87. The minimum absolute atomic E-state index is 0.0152. The van der Waals surface area contributed by atoms with Gasteiger partial charge in [-0.25, -0.2) is 0 Å². The average Bonchev–Trinajstić information content (AvgIpc) is 3.08. The fourth-order valence-electron chi connectivity index (χ4n) is 3.00. The highest BCUT2D eigenvalue weighted by atomic mass is 16.4. The lowest BCUT2D eigenvalue weighted by atomic mass is 10.0. The summed E-state index contributed by atoms with van der Waals surface area (Å²) < 4.78 is 5.42. The number of nitrogens with zero attached hydrogens (tertiary/aromatic N) is 4. The first-order valence-corrected chi connectivity index (χ1v) is 8.87. The molecule has 0 unspecified atom stereocenters. The third-order valence-electron chi connectivity index (χ3n) is 4.81. The normalized spacial score (nSPS) is 14.6. The van der Waals surface area contributed by atoms with E-state index in [4.69, 9.17) is 4.42 Å². The van der Waals surface area contributed by atoms with Crippen LogP contribution in [0.2, 0.25) is 0 Å². The van der Waals surface area contributed by atoms with Gasteiger partial charge in [-0.1, -0.05) is 17.2 Å². The van der Waals surface area contributed by atoms with Crippen LogP contribution in [0.5, 0.6) is 0 Å². The molecule has 0 saturated carbocycles. The quantitative estimate of drug-likeness (QED) is 0.765. The molecule has 1 saturated heterocycles. The highest BCUT2D eigenvalue weighted by molar-refractivity contribution is 5.98. The Morgan fingerprint density at radius 1 is 1.00 bits per heavy atom. The Morgan fingerprint density at radius 3 is 2.35 bits per heavy atom. The second-order valence-corrected chi connectivity index (χ2v) is 6.69. The molecule has 3 rings (SSSR count). The van der Waals surface area contributed by atoms with Crippen LogP contribution in [0.3, 0.4) is 0 Å². The number of anilines is 1. The highest BCUT2D eigenvalue weighted by Crippen LogP contribution is 2.16. The number of carbonyl (C=O) groups excluding carboxylic acids is 2. The smallest absolute Gasteiger partial charge is 0.318 e. The molecule has 2 heterocycles. The number of ketones is 1. The van der Waals surface area contributed by atoms with Crippen molar-refractivity contribution in [1.82, 2.24) is 15.1 Å². The number of hydrogen-bond acceptors (Lipinski definition) is 6. The van der Waals surface area contributed by atoms with Gasteiger partial charge in [0.2, 0.25) is 11.8 Å². The van der Waals surface area contributed by atoms with Crippen LogP contribution in [0.4, 0.5) is 6.01 Å². The van der Waals surface area contributed by atoms with E-state index >= 15 is 0 Å². The number of aromatic nitrogens is 2. The molecular formula is C19H24N4O3. The molecule has 1 aromatic carbocycles. The first-order chi connectivity index (χ1) is 12.4. The van der Waals surface area contributed by atoms with Gasteiger partial charge < -0.3 is 14.2 Å². The molecule has 26 heavy (non-hydrogen) atoms. The van der Waals surface area contributed by atoms with Gasteiger partial charge in [-0.15, -0.1) is 5.10 Å². The summed E-state index contributed by atoms with van der Waals surface area (Å²) >= 11 is 0. The largest absolute Gasteiger partial charge is 0.408 e. The van der Waals surface area contributed by atoms with Crippen molar-refractivity contribution in [2.75, 3.05) is 31.1 Å². The van der Waals surface area contributed by atoms with E-state index in [9.17, 15) is 9.59 Å². The van der Waals surface area contributed by atoms with Crippen molar-refractivity contribution in [2.24, 2.45) is 0 Å². The number of Topliss-reactive ketones (excluding diaryl/α,β-unsaturated/α-hetero) is 1. The molecule has 1 amide bonds. The topological polar surface area (TPSA) is 79.5 Å². The zero-order chi connectivity index (χ0) is 18.7. The molecule has 1 aliphatic heterocycles. The second kappa shape index (κ2) is 7.68. The summed E-state index contributed by atoms with van der Waals surface area (Å²) in [6.07, 6.45) is 0.482. The zero-order valence-corrected chi connectivity index (χ0v) is 15.5. The first kappa shape index (κ1) is 18.1. The molecule has 7 nitrogen and oxygen atoms in total. The van der Waals surface area contributed by atoms with Crippen molar-refractivity contribution >= 4 is 17.7 Å². The van der Waals surface area contributed by atoms with Crippen LogP contribution in [-0.4, -0.2) is 53.0 Å². The van der Waals surface area contributed by atoms with Gasteiger partial charge in [0.15, 0.2) is 5.78 Å². The lowest BCUT2D eigenvalue weighted by molar-refractivity contribution is -0.131. The Hall–Kier alpha value is -2.70. The monoisotopic (exact) mass is 356 g/mol. The van der Waals surface area contributed by atoms with Crippen molar-refractivity contribution in [3.8, 4) is 0 Å². The number of rotatable bonds is 5. The van der Waals surface area contributed by atoms with Crippen LogP contribution in [0, 0.1) is 20.8 Å². The lowest BCUT2D eigenvalue weighted by Gasteiger charge is -2.33. The average molecular weight is 356 g/mol. The lowest BCUT2D eigenvalue weighted by Crippen LogP contribution is -2.49. The molecule has 0 radical (unpaired) electrons. The van der Waals surface area contributed by atoms with E-state index in [2.05, 4.69) is 10.2 Å². The van der Waals surface area contributed by atoms with Crippen LogP contribution in [0.1, 0.15) is 40.2 Å². The van der Waals surface area contributed by atoms with Gasteiger partial charge in [-0.2, -0.15) is 0 Å². The third-order valence-corrected chi connectivity index (χ3v) is 4.81. The van der Waals surface area contributed by atoms with Gasteiger partial charge in [0.1, 0.15) is 0 Å². The number of piperazine rings is 1. The maximum atomic E-state index is 12.4. The molecule has 1 fully saturated rings. The van der Waals surface area contributed by atoms with E-state index in [1.807, 2.05) is 36.9 Å². The molecule has 0 bridgehead atoms. The summed E-state index contributed by atoms with van der Waals surface area (Å²) in [6, 6.07) is 6.18. The predicted molar refractivity (Wildman–Crippen MR) is 97.3 cm³/mol. The van der Waals surface area contributed by atoms with Crippen LogP contribution in [0.15, 0.2) is 22.6 Å². The van der Waals surface area contributed by atoms with E-state index in [0.717, 1.165) is 11.1 Å². The minimum atomic E-state index is 0.0152. The van der Waals surface area contributed by atoms with Gasteiger partial charge in [-0.05, 0) is 31.0 Å². The van der Waals surface area contributed by atoms with Crippen LogP contribution in [-0.2, 0) is 4.79 Å². The van der Waals surface area contributed by atoms with E-state index in [1.165, 1.54) is 0 Å². The molecule has 0 aliphatic carbocycles. The summed E-state index contributed by atoms with van der Waals surface area (Å²) in [4.78, 5) is 28.5. The van der Waals surface area contributed by atoms with E-state index < -0.39 is 0 Å². The second-order valence-electron chi connectivity index (χ2n) is 6.69. The molecule has 1 aliphatic rings. The van der Waals surface area contributed by atoms with Crippen molar-refractivity contribution in [2.45, 2.75) is 33.6 Å². The molecule has 0 atom stereocenters. The maximum Gasteiger partial charge on any atom is 0.318 e. The van der Waals surface area contributed by atoms with Crippen LogP contribution >= 0.6 is 0 Å². The van der Waals surface area contributed by atoms with Gasteiger partial charge in [0, 0.05) is 51.5 Å². The molecule has 0 spiro atoms. The van der Waals surface area contributed by atoms with Crippen LogP contribution < -0.4 is 4.90 Å². The zero-order valence-electron chi connectivity index (χ0n) is 15.5. The highest BCUT2D eigenvalue weighted by Gasteiger charge is 2.24. The van der Waals surface area contributed by atoms with Gasteiger partial charge in [0.25, 0.3) is 0 Å². The van der Waals surface area contributed by atoms with Gasteiger partial charge in [-0.3, -0.25) is 9.59 Å². The van der Waals surface area contributed by atoms with Crippen molar-refractivity contribution in [3.05, 3.63) is 40.8 Å². The number of benzene rings is 1.